The lowest BCUT2D eigenvalue weighted by atomic mass is 10.2. The largest absolute Gasteiger partial charge is 0.480 e. The summed E-state index contributed by atoms with van der Waals surface area (Å²) in [7, 11) is 0. The third-order valence-corrected chi connectivity index (χ3v) is 4.29. The van der Waals surface area contributed by atoms with Gasteiger partial charge in [-0.3, -0.25) is 4.79 Å². The van der Waals surface area contributed by atoms with Crippen molar-refractivity contribution in [1.82, 2.24) is 4.98 Å². The normalized spacial score (nSPS) is 23.3. The van der Waals surface area contributed by atoms with Crippen molar-refractivity contribution in [2.45, 2.75) is 25.3 Å². The van der Waals surface area contributed by atoms with Crippen molar-refractivity contribution in [1.29, 1.82) is 0 Å². The highest BCUT2D eigenvalue weighted by Gasteiger charge is 2.36. The molecule has 100 valence electrons. The number of aliphatic carboxylic acids is 1. The number of hydrogen-bond donors (Lipinski definition) is 2. The molecule has 0 aromatic carbocycles. The first-order chi connectivity index (χ1) is 9.06. The van der Waals surface area contributed by atoms with E-state index in [2.05, 4.69) is 11.9 Å². The molecule has 1 aliphatic carbocycles. The molecule has 3 unspecified atom stereocenters. The minimum absolute atomic E-state index is 0.366. The number of rotatable bonds is 4. The molecule has 1 fully saturated rings. The molecule has 2 aromatic heterocycles. The van der Waals surface area contributed by atoms with Crippen LogP contribution in [0.5, 0.6) is 0 Å². The molecule has 0 saturated heterocycles. The Bertz CT molecular complexity index is 619. The van der Waals surface area contributed by atoms with Gasteiger partial charge in [0.1, 0.15) is 11.8 Å². The van der Waals surface area contributed by atoms with Crippen LogP contribution >= 0.6 is 11.3 Å². The summed E-state index contributed by atoms with van der Waals surface area (Å²) in [5, 5.41) is 11.2. The van der Waals surface area contributed by atoms with E-state index in [4.69, 9.17) is 15.3 Å². The lowest BCUT2D eigenvalue weighted by molar-refractivity contribution is -0.138. The SMILES string of the molecule is CC1CC1c1ccc(-c2nc(C(N)C(=O)O)cs2)o1. The summed E-state index contributed by atoms with van der Waals surface area (Å²) >= 11 is 1.35. The van der Waals surface area contributed by atoms with Crippen LogP contribution in [0.3, 0.4) is 0 Å². The van der Waals surface area contributed by atoms with Crippen LogP contribution in [-0.2, 0) is 4.79 Å². The number of hydrogen-bond acceptors (Lipinski definition) is 5. The zero-order chi connectivity index (χ0) is 13.6. The summed E-state index contributed by atoms with van der Waals surface area (Å²) in [6.07, 6.45) is 1.17. The first-order valence-electron chi connectivity index (χ1n) is 6.10. The molecular formula is C13H14N2O3S. The Labute approximate surface area is 114 Å². The molecule has 2 heterocycles. The van der Waals surface area contributed by atoms with Crippen LogP contribution in [0, 0.1) is 5.92 Å². The minimum atomic E-state index is -1.08. The highest BCUT2D eigenvalue weighted by Crippen LogP contribution is 2.48. The summed E-state index contributed by atoms with van der Waals surface area (Å²) in [6, 6.07) is 2.78. The van der Waals surface area contributed by atoms with E-state index < -0.39 is 12.0 Å². The van der Waals surface area contributed by atoms with E-state index in [1.807, 2.05) is 12.1 Å². The molecule has 0 aliphatic heterocycles. The standard InChI is InChI=1S/C13H14N2O3S/c1-6-4-7(6)9-2-3-10(18-9)12-15-8(5-19-12)11(14)13(16)17/h2-3,5-7,11H,4,14H2,1H3,(H,16,17). The maximum atomic E-state index is 10.8. The van der Waals surface area contributed by atoms with Crippen molar-refractivity contribution in [3.8, 4) is 10.8 Å². The van der Waals surface area contributed by atoms with Crippen LogP contribution in [0.25, 0.3) is 10.8 Å². The third kappa shape index (κ3) is 2.29. The van der Waals surface area contributed by atoms with E-state index in [-0.39, 0.29) is 0 Å². The van der Waals surface area contributed by atoms with Crippen LogP contribution in [0.2, 0.25) is 0 Å². The Kier molecular flexibility index (Phi) is 2.91. The number of carbonyl (C=O) groups is 1. The molecule has 2 aromatic rings. The monoisotopic (exact) mass is 278 g/mol. The maximum absolute atomic E-state index is 10.8. The van der Waals surface area contributed by atoms with E-state index >= 15 is 0 Å². The predicted molar refractivity (Wildman–Crippen MR) is 70.9 cm³/mol. The average molecular weight is 278 g/mol. The molecule has 3 rings (SSSR count). The van der Waals surface area contributed by atoms with Gasteiger partial charge in [0.05, 0.1) is 5.69 Å². The molecule has 0 bridgehead atoms. The highest BCUT2D eigenvalue weighted by molar-refractivity contribution is 7.13. The van der Waals surface area contributed by atoms with Crippen molar-refractivity contribution in [3.05, 3.63) is 29.0 Å². The first kappa shape index (κ1) is 12.4. The summed E-state index contributed by atoms with van der Waals surface area (Å²) < 4.78 is 5.78. The van der Waals surface area contributed by atoms with Crippen LogP contribution < -0.4 is 5.73 Å². The molecular weight excluding hydrogens is 264 g/mol. The van der Waals surface area contributed by atoms with Gasteiger partial charge in [-0.05, 0) is 24.5 Å². The Morgan fingerprint density at radius 2 is 2.37 bits per heavy atom. The Morgan fingerprint density at radius 1 is 1.63 bits per heavy atom. The Balaban J connectivity index is 1.82. The number of thiazole rings is 1. The number of aromatic nitrogens is 1. The van der Waals surface area contributed by atoms with Crippen molar-refractivity contribution >= 4 is 17.3 Å². The zero-order valence-electron chi connectivity index (χ0n) is 10.4. The predicted octanol–water partition coefficient (Wildman–Crippen LogP) is 2.61. The molecule has 3 atom stereocenters. The van der Waals surface area contributed by atoms with E-state index in [9.17, 15) is 4.79 Å². The van der Waals surface area contributed by atoms with Gasteiger partial charge in [-0.25, -0.2) is 4.98 Å². The van der Waals surface area contributed by atoms with Gasteiger partial charge in [-0.2, -0.15) is 0 Å². The second-order valence-corrected chi connectivity index (χ2v) is 5.77. The Morgan fingerprint density at radius 3 is 3.00 bits per heavy atom. The van der Waals surface area contributed by atoms with Crippen molar-refractivity contribution < 1.29 is 14.3 Å². The lowest BCUT2D eigenvalue weighted by Gasteiger charge is -2.00. The minimum Gasteiger partial charge on any atom is -0.480 e. The molecule has 5 nitrogen and oxygen atoms in total. The molecule has 3 N–H and O–H groups in total. The molecule has 0 radical (unpaired) electrons. The fourth-order valence-corrected chi connectivity index (χ4v) is 2.87. The van der Waals surface area contributed by atoms with Gasteiger partial charge in [0.2, 0.25) is 0 Å². The molecule has 0 spiro atoms. The number of carboxylic acids is 1. The van der Waals surface area contributed by atoms with E-state index in [1.165, 1.54) is 17.8 Å². The average Bonchev–Trinajstić information content (AvgIpc) is 2.88. The summed E-state index contributed by atoms with van der Waals surface area (Å²) in [6.45, 7) is 2.19. The number of furan rings is 1. The summed E-state index contributed by atoms with van der Waals surface area (Å²) in [4.78, 5) is 15.0. The molecule has 19 heavy (non-hydrogen) atoms. The third-order valence-electron chi connectivity index (χ3n) is 3.42. The zero-order valence-corrected chi connectivity index (χ0v) is 11.2. The van der Waals surface area contributed by atoms with E-state index in [1.54, 1.807) is 5.38 Å². The van der Waals surface area contributed by atoms with Crippen molar-refractivity contribution in [2.24, 2.45) is 11.7 Å². The van der Waals surface area contributed by atoms with E-state index in [0.29, 0.717) is 28.3 Å². The molecule has 6 heteroatoms. The number of nitrogens with two attached hydrogens (primary N) is 1. The fraction of sp³-hybridized carbons (Fsp3) is 0.385. The topological polar surface area (TPSA) is 89.3 Å². The second-order valence-electron chi connectivity index (χ2n) is 4.91. The van der Waals surface area contributed by atoms with Crippen molar-refractivity contribution in [2.75, 3.05) is 0 Å². The van der Waals surface area contributed by atoms with Crippen LogP contribution in [0.4, 0.5) is 0 Å². The van der Waals surface area contributed by atoms with Gasteiger partial charge < -0.3 is 15.3 Å². The molecule has 1 aliphatic rings. The van der Waals surface area contributed by atoms with Gasteiger partial charge >= 0.3 is 5.97 Å². The van der Waals surface area contributed by atoms with Crippen molar-refractivity contribution in [3.63, 3.8) is 0 Å². The van der Waals surface area contributed by atoms with Gasteiger partial charge in [0, 0.05) is 11.3 Å². The lowest BCUT2D eigenvalue weighted by Crippen LogP contribution is -2.20. The van der Waals surface area contributed by atoms with Gasteiger partial charge in [0.15, 0.2) is 10.8 Å². The first-order valence-corrected chi connectivity index (χ1v) is 6.98. The number of nitrogens with zero attached hydrogens (tertiary/aromatic N) is 1. The quantitative estimate of drug-likeness (QED) is 0.897. The van der Waals surface area contributed by atoms with Crippen LogP contribution in [0.1, 0.15) is 36.8 Å². The summed E-state index contributed by atoms with van der Waals surface area (Å²) in [5.74, 6) is 1.80. The van der Waals surface area contributed by atoms with Gasteiger partial charge in [-0.1, -0.05) is 6.92 Å². The molecule has 0 amide bonds. The van der Waals surface area contributed by atoms with E-state index in [0.717, 1.165) is 5.76 Å². The summed E-state index contributed by atoms with van der Waals surface area (Å²) in [5.41, 5.74) is 5.89. The van der Waals surface area contributed by atoms with Gasteiger partial charge in [0.25, 0.3) is 0 Å². The molecule has 1 saturated carbocycles. The number of carboxylic acid groups (broad SMARTS) is 1. The highest BCUT2D eigenvalue weighted by atomic mass is 32.1. The smallest absolute Gasteiger partial charge is 0.326 e. The maximum Gasteiger partial charge on any atom is 0.326 e. The Hall–Kier alpha value is -1.66. The van der Waals surface area contributed by atoms with Crippen LogP contribution in [-0.4, -0.2) is 16.1 Å². The van der Waals surface area contributed by atoms with Crippen LogP contribution in [0.15, 0.2) is 21.9 Å². The van der Waals surface area contributed by atoms with Gasteiger partial charge in [-0.15, -0.1) is 11.3 Å². The fourth-order valence-electron chi connectivity index (χ4n) is 2.05. The second kappa shape index (κ2) is 4.47.